The highest BCUT2D eigenvalue weighted by molar-refractivity contribution is 9.10. The van der Waals surface area contributed by atoms with Crippen molar-refractivity contribution >= 4 is 39.0 Å². The summed E-state index contributed by atoms with van der Waals surface area (Å²) >= 11 is 7.91. The minimum absolute atomic E-state index is 0.239. The molecule has 3 N–H and O–H groups in total. The highest BCUT2D eigenvalue weighted by atomic mass is 79.9. The number of nitrogens with one attached hydrogen (secondary N) is 1. The second kappa shape index (κ2) is 6.80. The van der Waals surface area contributed by atoms with Gasteiger partial charge in [0.1, 0.15) is 5.82 Å². The molecule has 6 heteroatoms. The van der Waals surface area contributed by atoms with Crippen molar-refractivity contribution < 1.29 is 9.18 Å². The molecule has 0 spiro atoms. The Hall–Kier alpha value is -1.01. The molecule has 0 aliphatic rings. The number of carbonyl (C=O) groups is 1. The number of hydrogen-bond acceptors (Lipinski definition) is 2. The maximum atomic E-state index is 13.3. The first-order valence-corrected chi connectivity index (χ1v) is 6.71. The van der Waals surface area contributed by atoms with E-state index >= 15 is 0 Å². The number of hydrogen-bond donors (Lipinski definition) is 2. The zero-order valence-electron chi connectivity index (χ0n) is 9.87. The summed E-state index contributed by atoms with van der Waals surface area (Å²) in [6.45, 7) is 1.97. The zero-order valence-corrected chi connectivity index (χ0v) is 12.3. The Labute approximate surface area is 119 Å². The van der Waals surface area contributed by atoms with Crippen molar-refractivity contribution in [2.24, 2.45) is 5.73 Å². The van der Waals surface area contributed by atoms with Crippen molar-refractivity contribution in [2.75, 3.05) is 0 Å². The fraction of sp³-hybridized carbons (Fsp3) is 0.333. The molecule has 1 amide bonds. The van der Waals surface area contributed by atoms with Crippen LogP contribution in [0.25, 0.3) is 0 Å². The van der Waals surface area contributed by atoms with E-state index in [1.165, 1.54) is 18.2 Å². The summed E-state index contributed by atoms with van der Waals surface area (Å²) in [7, 11) is 0. The van der Waals surface area contributed by atoms with Gasteiger partial charge in [-0.3, -0.25) is 4.79 Å². The van der Waals surface area contributed by atoms with Gasteiger partial charge in [-0.1, -0.05) is 25.6 Å². The van der Waals surface area contributed by atoms with E-state index < -0.39 is 5.82 Å². The number of thiocarbonyl (C=S) groups is 1. The molecule has 0 aliphatic heterocycles. The third-order valence-corrected chi connectivity index (χ3v) is 3.34. The van der Waals surface area contributed by atoms with Crippen molar-refractivity contribution in [3.8, 4) is 0 Å². The number of amides is 1. The number of rotatable bonds is 5. The van der Waals surface area contributed by atoms with E-state index in [0.717, 1.165) is 6.42 Å². The Balaban J connectivity index is 2.80. The zero-order chi connectivity index (χ0) is 13.7. The molecule has 0 radical (unpaired) electrons. The second-order valence-corrected chi connectivity index (χ2v) is 5.17. The van der Waals surface area contributed by atoms with Gasteiger partial charge in [0.05, 0.1) is 15.5 Å². The van der Waals surface area contributed by atoms with E-state index in [2.05, 4.69) is 21.2 Å². The first-order valence-electron chi connectivity index (χ1n) is 5.51. The fourth-order valence-corrected chi connectivity index (χ4v) is 1.88. The van der Waals surface area contributed by atoms with Gasteiger partial charge in [0.15, 0.2) is 0 Å². The molecule has 0 saturated heterocycles. The van der Waals surface area contributed by atoms with Crippen molar-refractivity contribution in [3.63, 3.8) is 0 Å². The molecule has 0 aromatic heterocycles. The molecule has 98 valence electrons. The molecule has 0 aliphatic carbocycles. The number of halogens is 2. The van der Waals surface area contributed by atoms with Crippen LogP contribution in [0.2, 0.25) is 0 Å². The van der Waals surface area contributed by atoms with Gasteiger partial charge in [-0.25, -0.2) is 4.39 Å². The largest absolute Gasteiger partial charge is 0.392 e. The normalized spacial score (nSPS) is 11.9. The minimum atomic E-state index is -0.481. The fourth-order valence-electron chi connectivity index (χ4n) is 1.45. The van der Waals surface area contributed by atoms with E-state index in [1.54, 1.807) is 0 Å². The highest BCUT2D eigenvalue weighted by Gasteiger charge is 2.16. The van der Waals surface area contributed by atoms with E-state index in [4.69, 9.17) is 18.0 Å². The van der Waals surface area contributed by atoms with Crippen molar-refractivity contribution in [1.29, 1.82) is 0 Å². The van der Waals surface area contributed by atoms with Crippen LogP contribution >= 0.6 is 28.1 Å². The van der Waals surface area contributed by atoms with Gasteiger partial charge < -0.3 is 11.1 Å². The average Bonchev–Trinajstić information content (AvgIpc) is 2.31. The smallest absolute Gasteiger partial charge is 0.251 e. The van der Waals surface area contributed by atoms with E-state index in [1.807, 2.05) is 6.92 Å². The van der Waals surface area contributed by atoms with Gasteiger partial charge in [-0.2, -0.15) is 0 Å². The van der Waals surface area contributed by atoms with Crippen LogP contribution in [0.5, 0.6) is 0 Å². The molecule has 1 aromatic carbocycles. The van der Waals surface area contributed by atoms with Crippen LogP contribution in [-0.4, -0.2) is 16.9 Å². The van der Waals surface area contributed by atoms with Crippen LogP contribution in [0.15, 0.2) is 22.7 Å². The molecular formula is C12H14BrFN2OS. The van der Waals surface area contributed by atoms with Gasteiger partial charge in [-0.05, 0) is 40.5 Å². The third-order valence-electron chi connectivity index (χ3n) is 2.41. The van der Waals surface area contributed by atoms with Gasteiger partial charge in [0.2, 0.25) is 0 Å². The standard InChI is InChI=1S/C12H14BrFN2OS/c1-2-3-10(11(15)18)16-12(17)7-4-5-8(13)9(14)6-7/h4-6,10H,2-3H2,1H3,(H2,15,18)(H,16,17). The van der Waals surface area contributed by atoms with Gasteiger partial charge in [-0.15, -0.1) is 0 Å². The average molecular weight is 333 g/mol. The topological polar surface area (TPSA) is 55.1 Å². The van der Waals surface area contributed by atoms with Crippen LogP contribution in [0, 0.1) is 5.82 Å². The van der Waals surface area contributed by atoms with E-state index in [0.29, 0.717) is 10.9 Å². The van der Waals surface area contributed by atoms with E-state index in [-0.39, 0.29) is 22.5 Å². The van der Waals surface area contributed by atoms with Crippen molar-refractivity contribution in [1.82, 2.24) is 5.32 Å². The van der Waals surface area contributed by atoms with Crippen LogP contribution in [0.3, 0.4) is 0 Å². The maximum absolute atomic E-state index is 13.3. The number of carbonyl (C=O) groups excluding carboxylic acids is 1. The molecule has 0 heterocycles. The number of nitrogens with two attached hydrogens (primary N) is 1. The molecule has 0 saturated carbocycles. The summed E-state index contributed by atoms with van der Waals surface area (Å²) in [4.78, 5) is 12.1. The summed E-state index contributed by atoms with van der Waals surface area (Å²) in [5.41, 5.74) is 5.78. The van der Waals surface area contributed by atoms with Gasteiger partial charge in [0, 0.05) is 5.56 Å². The predicted molar refractivity (Wildman–Crippen MR) is 77.0 cm³/mol. The van der Waals surface area contributed by atoms with Crippen molar-refractivity contribution in [2.45, 2.75) is 25.8 Å². The summed E-state index contributed by atoms with van der Waals surface area (Å²) in [5, 5.41) is 2.69. The Morgan fingerprint density at radius 3 is 2.78 bits per heavy atom. The molecule has 1 rings (SSSR count). The van der Waals surface area contributed by atoms with Crippen LogP contribution in [0.1, 0.15) is 30.1 Å². The molecule has 0 fully saturated rings. The monoisotopic (exact) mass is 332 g/mol. The molecule has 1 atom stereocenters. The Kier molecular flexibility index (Phi) is 5.68. The summed E-state index contributed by atoms with van der Waals surface area (Å²) in [6.07, 6.45) is 1.51. The molecular weight excluding hydrogens is 319 g/mol. The van der Waals surface area contributed by atoms with Crippen molar-refractivity contribution in [3.05, 3.63) is 34.1 Å². The molecule has 1 unspecified atom stereocenters. The Bertz CT molecular complexity index is 467. The maximum Gasteiger partial charge on any atom is 0.251 e. The molecule has 0 bridgehead atoms. The van der Waals surface area contributed by atoms with E-state index in [9.17, 15) is 9.18 Å². The first-order chi connectivity index (χ1) is 8.45. The minimum Gasteiger partial charge on any atom is -0.392 e. The van der Waals surface area contributed by atoms with Crippen LogP contribution < -0.4 is 11.1 Å². The predicted octanol–water partition coefficient (Wildman–Crippen LogP) is 2.77. The van der Waals surface area contributed by atoms with Crippen LogP contribution in [0.4, 0.5) is 4.39 Å². The summed E-state index contributed by atoms with van der Waals surface area (Å²) in [6, 6.07) is 3.83. The SMILES string of the molecule is CCCC(NC(=O)c1ccc(Br)c(F)c1)C(N)=S. The highest BCUT2D eigenvalue weighted by Crippen LogP contribution is 2.16. The summed E-state index contributed by atoms with van der Waals surface area (Å²) in [5.74, 6) is -0.863. The Morgan fingerprint density at radius 1 is 1.61 bits per heavy atom. The first kappa shape index (κ1) is 15.0. The molecule has 3 nitrogen and oxygen atoms in total. The lowest BCUT2D eigenvalue weighted by atomic mass is 10.1. The Morgan fingerprint density at radius 2 is 2.28 bits per heavy atom. The lowest BCUT2D eigenvalue weighted by Crippen LogP contribution is -2.43. The molecule has 1 aromatic rings. The summed E-state index contributed by atoms with van der Waals surface area (Å²) < 4.78 is 13.6. The van der Waals surface area contributed by atoms with Gasteiger partial charge in [0.25, 0.3) is 5.91 Å². The quantitative estimate of drug-likeness (QED) is 0.815. The molecule has 18 heavy (non-hydrogen) atoms. The third kappa shape index (κ3) is 4.03. The second-order valence-electron chi connectivity index (χ2n) is 3.85. The lowest BCUT2D eigenvalue weighted by Gasteiger charge is -2.16. The van der Waals surface area contributed by atoms with Crippen LogP contribution in [-0.2, 0) is 0 Å². The lowest BCUT2D eigenvalue weighted by molar-refractivity contribution is 0.0945. The number of benzene rings is 1. The van der Waals surface area contributed by atoms with Gasteiger partial charge >= 0.3 is 0 Å².